The molecule has 1 fully saturated rings. The first-order chi connectivity index (χ1) is 12.4. The van der Waals surface area contributed by atoms with E-state index in [9.17, 15) is 4.79 Å². The zero-order chi connectivity index (χ0) is 18.7. The molecule has 7 heteroatoms. The van der Waals surface area contributed by atoms with E-state index in [2.05, 4.69) is 22.5 Å². The summed E-state index contributed by atoms with van der Waals surface area (Å²) >= 11 is 3.23. The first kappa shape index (κ1) is 19.2. The molecule has 0 aliphatic carbocycles. The molecule has 0 N–H and O–H groups in total. The third kappa shape index (κ3) is 4.76. The van der Waals surface area contributed by atoms with Crippen molar-refractivity contribution in [3.63, 3.8) is 0 Å². The fourth-order valence-corrected chi connectivity index (χ4v) is 4.08. The number of amides is 1. The number of nitrogens with zero attached hydrogens (tertiary/aromatic N) is 3. The Morgan fingerprint density at radius 3 is 2.85 bits per heavy atom. The Morgan fingerprint density at radius 2 is 2.19 bits per heavy atom. The molecule has 1 aliphatic rings. The summed E-state index contributed by atoms with van der Waals surface area (Å²) in [6.07, 6.45) is 3.73. The van der Waals surface area contributed by atoms with Crippen LogP contribution in [0.3, 0.4) is 0 Å². The van der Waals surface area contributed by atoms with Crippen molar-refractivity contribution in [2.75, 3.05) is 19.3 Å². The molecule has 1 amide bonds. The Bertz CT molecular complexity index is 757. The summed E-state index contributed by atoms with van der Waals surface area (Å²) in [5.41, 5.74) is 1.50. The zero-order valence-electron chi connectivity index (χ0n) is 15.7. The smallest absolute Gasteiger partial charge is 0.410 e. The fourth-order valence-electron chi connectivity index (χ4n) is 3.00. The lowest BCUT2D eigenvalue weighted by molar-refractivity contribution is 0.0197. The number of hydrogen-bond donors (Lipinski definition) is 0. The van der Waals surface area contributed by atoms with Gasteiger partial charge in [0.15, 0.2) is 5.16 Å². The van der Waals surface area contributed by atoms with Crippen molar-refractivity contribution < 1.29 is 9.53 Å². The Kier molecular flexibility index (Phi) is 5.87. The number of aromatic nitrogens is 2. The van der Waals surface area contributed by atoms with Crippen LogP contribution in [0.15, 0.2) is 28.7 Å². The highest BCUT2D eigenvalue weighted by Crippen LogP contribution is 2.31. The summed E-state index contributed by atoms with van der Waals surface area (Å²) < 4.78 is 5.54. The molecule has 3 heterocycles. The van der Waals surface area contributed by atoms with Crippen molar-refractivity contribution in [3.05, 3.63) is 29.3 Å². The van der Waals surface area contributed by atoms with Gasteiger partial charge in [-0.2, -0.15) is 0 Å². The number of likely N-dealkylation sites (tertiary alicyclic amines) is 1. The molecule has 5 nitrogen and oxygen atoms in total. The van der Waals surface area contributed by atoms with E-state index >= 15 is 0 Å². The van der Waals surface area contributed by atoms with Crippen molar-refractivity contribution in [2.24, 2.45) is 0 Å². The minimum Gasteiger partial charge on any atom is -0.444 e. The van der Waals surface area contributed by atoms with E-state index in [1.807, 2.05) is 38.0 Å². The molecule has 0 bridgehead atoms. The molecular weight excluding hydrogens is 366 g/mol. The van der Waals surface area contributed by atoms with E-state index in [1.165, 1.54) is 0 Å². The van der Waals surface area contributed by atoms with Gasteiger partial charge >= 0.3 is 6.09 Å². The number of ether oxygens (including phenoxy) is 1. The molecule has 0 saturated carbocycles. The molecule has 1 aliphatic heterocycles. The maximum absolute atomic E-state index is 12.4. The van der Waals surface area contributed by atoms with Gasteiger partial charge in [-0.3, -0.25) is 0 Å². The highest BCUT2D eigenvalue weighted by atomic mass is 32.2. The minimum atomic E-state index is -0.475. The molecule has 140 valence electrons. The molecule has 0 spiro atoms. The number of carbonyl (C=O) groups excluding carboxylic acids is 1. The lowest BCUT2D eigenvalue weighted by atomic mass is 9.94. The summed E-state index contributed by atoms with van der Waals surface area (Å²) in [6.45, 7) is 7.08. The molecule has 3 rings (SSSR count). The number of piperidine rings is 1. The van der Waals surface area contributed by atoms with Crippen LogP contribution in [-0.4, -0.2) is 45.9 Å². The molecule has 1 atom stereocenters. The number of thioether (sulfide) groups is 1. The van der Waals surface area contributed by atoms with Gasteiger partial charge < -0.3 is 9.64 Å². The fraction of sp³-hybridized carbons (Fsp3) is 0.526. The molecule has 0 aromatic carbocycles. The largest absolute Gasteiger partial charge is 0.444 e. The first-order valence-corrected chi connectivity index (χ1v) is 10.9. The normalized spacial score (nSPS) is 18.0. The SMILES string of the molecule is CSc1nc(-c2cccs2)cc(C2CCCN(C(=O)OC(C)(C)C)C2)n1. The standard InChI is InChI=1S/C19H25N3O2S2/c1-19(2,3)24-18(23)22-9-5-7-13(12-22)14-11-15(16-8-6-10-26-16)21-17(20-14)25-4/h6,8,10-11,13H,5,7,9,12H2,1-4H3. The van der Waals surface area contributed by atoms with E-state index in [0.29, 0.717) is 6.54 Å². The predicted molar refractivity (Wildman–Crippen MR) is 107 cm³/mol. The maximum atomic E-state index is 12.4. The Hall–Kier alpha value is -1.60. The monoisotopic (exact) mass is 391 g/mol. The van der Waals surface area contributed by atoms with Gasteiger partial charge in [0.25, 0.3) is 0 Å². The van der Waals surface area contributed by atoms with Gasteiger partial charge in [0.1, 0.15) is 5.60 Å². The van der Waals surface area contributed by atoms with Gasteiger partial charge in [0, 0.05) is 19.0 Å². The van der Waals surface area contributed by atoms with Crippen LogP contribution >= 0.6 is 23.1 Å². The quantitative estimate of drug-likeness (QED) is 0.542. The van der Waals surface area contributed by atoms with Crippen molar-refractivity contribution in [1.29, 1.82) is 0 Å². The van der Waals surface area contributed by atoms with Crippen LogP contribution in [0.1, 0.15) is 45.2 Å². The molecule has 2 aromatic rings. The first-order valence-electron chi connectivity index (χ1n) is 8.80. The van der Waals surface area contributed by atoms with Crippen molar-refractivity contribution in [3.8, 4) is 10.6 Å². The molecule has 0 radical (unpaired) electrons. The minimum absolute atomic E-state index is 0.212. The average molecular weight is 392 g/mol. The number of rotatable bonds is 3. The van der Waals surface area contributed by atoms with Crippen LogP contribution in [0.5, 0.6) is 0 Å². The lowest BCUT2D eigenvalue weighted by Gasteiger charge is -2.34. The van der Waals surface area contributed by atoms with Crippen LogP contribution in [0.4, 0.5) is 4.79 Å². The van der Waals surface area contributed by atoms with E-state index in [1.54, 1.807) is 23.1 Å². The van der Waals surface area contributed by atoms with E-state index in [4.69, 9.17) is 9.72 Å². The van der Waals surface area contributed by atoms with Gasteiger partial charge in [-0.05, 0) is 57.4 Å². The Labute approximate surface area is 163 Å². The van der Waals surface area contributed by atoms with Crippen molar-refractivity contribution >= 4 is 29.2 Å². The summed E-state index contributed by atoms with van der Waals surface area (Å²) in [4.78, 5) is 24.8. The van der Waals surface area contributed by atoms with Gasteiger partial charge in [-0.1, -0.05) is 17.8 Å². The van der Waals surface area contributed by atoms with E-state index < -0.39 is 5.60 Å². The number of carbonyl (C=O) groups is 1. The second kappa shape index (κ2) is 7.96. The van der Waals surface area contributed by atoms with Crippen LogP contribution in [0.25, 0.3) is 10.6 Å². The van der Waals surface area contributed by atoms with E-state index in [-0.39, 0.29) is 12.0 Å². The lowest BCUT2D eigenvalue weighted by Crippen LogP contribution is -2.42. The summed E-state index contributed by atoms with van der Waals surface area (Å²) in [6, 6.07) is 6.19. The van der Waals surface area contributed by atoms with Crippen molar-refractivity contribution in [1.82, 2.24) is 14.9 Å². The summed E-state index contributed by atoms with van der Waals surface area (Å²) in [5, 5.41) is 2.83. The van der Waals surface area contributed by atoms with Gasteiger partial charge in [0.2, 0.25) is 0 Å². The molecule has 1 saturated heterocycles. The zero-order valence-corrected chi connectivity index (χ0v) is 17.3. The third-order valence-electron chi connectivity index (χ3n) is 4.17. The Balaban J connectivity index is 1.82. The van der Waals surface area contributed by atoms with Crippen molar-refractivity contribution in [2.45, 2.75) is 50.3 Å². The van der Waals surface area contributed by atoms with Crippen LogP contribution in [-0.2, 0) is 4.74 Å². The molecule has 26 heavy (non-hydrogen) atoms. The third-order valence-corrected chi connectivity index (χ3v) is 5.61. The Morgan fingerprint density at radius 1 is 1.38 bits per heavy atom. The molecule has 2 aromatic heterocycles. The van der Waals surface area contributed by atoms with Gasteiger partial charge in [-0.15, -0.1) is 11.3 Å². The number of hydrogen-bond acceptors (Lipinski definition) is 6. The average Bonchev–Trinajstić information content (AvgIpc) is 3.14. The maximum Gasteiger partial charge on any atom is 0.410 e. The second-order valence-electron chi connectivity index (χ2n) is 7.41. The van der Waals surface area contributed by atoms with Crippen LogP contribution in [0.2, 0.25) is 0 Å². The van der Waals surface area contributed by atoms with Crippen LogP contribution in [0, 0.1) is 0 Å². The van der Waals surface area contributed by atoms with E-state index in [0.717, 1.165) is 40.8 Å². The van der Waals surface area contributed by atoms with Crippen LogP contribution < -0.4 is 0 Å². The second-order valence-corrected chi connectivity index (χ2v) is 9.13. The highest BCUT2D eigenvalue weighted by molar-refractivity contribution is 7.98. The predicted octanol–water partition coefficient (Wildman–Crippen LogP) is 5.04. The topological polar surface area (TPSA) is 55.3 Å². The van der Waals surface area contributed by atoms with Gasteiger partial charge in [-0.25, -0.2) is 14.8 Å². The summed E-state index contributed by atoms with van der Waals surface area (Å²) in [5.74, 6) is 0.212. The molecule has 1 unspecified atom stereocenters. The number of thiophene rings is 1. The summed E-state index contributed by atoms with van der Waals surface area (Å²) in [7, 11) is 0. The molecular formula is C19H25N3O2S2. The van der Waals surface area contributed by atoms with Gasteiger partial charge in [0.05, 0.1) is 16.3 Å². The highest BCUT2D eigenvalue weighted by Gasteiger charge is 2.29.